The summed E-state index contributed by atoms with van der Waals surface area (Å²) in [5.74, 6) is -2.40. The predicted octanol–water partition coefficient (Wildman–Crippen LogP) is 2.60. The molecule has 1 aromatic heterocycles. The van der Waals surface area contributed by atoms with Gasteiger partial charge in [0, 0.05) is 6.07 Å². The van der Waals surface area contributed by atoms with Crippen LogP contribution in [0.2, 0.25) is 5.15 Å². The monoisotopic (exact) mass is 239 g/mol. The molecule has 3 nitrogen and oxygen atoms in total. The smallest absolute Gasteiger partial charge is 0.342 e. The second-order valence-corrected chi connectivity index (χ2v) is 2.87. The van der Waals surface area contributed by atoms with Crippen LogP contribution in [0.15, 0.2) is 6.07 Å². The van der Waals surface area contributed by atoms with Crippen molar-refractivity contribution in [2.24, 2.45) is 0 Å². The predicted molar refractivity (Wildman–Crippen MR) is 45.5 cm³/mol. The molecule has 0 N–H and O–H groups in total. The number of carbonyl (C=O) groups is 1. The molecule has 0 aliphatic heterocycles. The Balaban J connectivity index is 3.40. The Labute approximate surface area is 87.8 Å². The van der Waals surface area contributed by atoms with Crippen molar-refractivity contribution in [2.75, 3.05) is 7.11 Å². The number of hydrogen-bond acceptors (Lipinski definition) is 3. The van der Waals surface area contributed by atoms with Gasteiger partial charge in [0.25, 0.3) is 6.43 Å². The first-order chi connectivity index (χ1) is 6.97. The van der Waals surface area contributed by atoms with E-state index < -0.39 is 34.6 Å². The minimum atomic E-state index is -3.10. The van der Waals surface area contributed by atoms with E-state index in [9.17, 15) is 18.0 Å². The SMILES string of the molecule is COC(=O)c1c(F)cc(Cl)nc1C(F)F. The highest BCUT2D eigenvalue weighted by molar-refractivity contribution is 6.29. The molecule has 0 aliphatic rings. The first-order valence-electron chi connectivity index (χ1n) is 3.69. The molecule has 1 aromatic rings. The number of rotatable bonds is 2. The van der Waals surface area contributed by atoms with E-state index in [4.69, 9.17) is 11.6 Å². The molecule has 1 heterocycles. The van der Waals surface area contributed by atoms with Crippen LogP contribution in [0.3, 0.4) is 0 Å². The van der Waals surface area contributed by atoms with Gasteiger partial charge >= 0.3 is 5.97 Å². The Morgan fingerprint density at radius 3 is 2.67 bits per heavy atom. The Kier molecular flexibility index (Phi) is 3.52. The van der Waals surface area contributed by atoms with E-state index in [0.29, 0.717) is 6.07 Å². The molecule has 0 fully saturated rings. The molecule has 7 heteroatoms. The highest BCUT2D eigenvalue weighted by Crippen LogP contribution is 2.25. The van der Waals surface area contributed by atoms with Gasteiger partial charge in [-0.2, -0.15) is 0 Å². The van der Waals surface area contributed by atoms with Crippen molar-refractivity contribution in [1.29, 1.82) is 0 Å². The van der Waals surface area contributed by atoms with Crippen LogP contribution in [0.5, 0.6) is 0 Å². The number of pyridine rings is 1. The zero-order valence-corrected chi connectivity index (χ0v) is 8.19. The van der Waals surface area contributed by atoms with E-state index in [1.165, 1.54) is 0 Å². The number of alkyl halides is 2. The lowest BCUT2D eigenvalue weighted by molar-refractivity contribution is 0.0581. The van der Waals surface area contributed by atoms with Crippen molar-refractivity contribution in [2.45, 2.75) is 6.43 Å². The van der Waals surface area contributed by atoms with Crippen LogP contribution in [0.25, 0.3) is 0 Å². The minimum Gasteiger partial charge on any atom is -0.465 e. The van der Waals surface area contributed by atoms with Gasteiger partial charge in [-0.15, -0.1) is 0 Å². The van der Waals surface area contributed by atoms with E-state index in [1.54, 1.807) is 0 Å². The van der Waals surface area contributed by atoms with Crippen molar-refractivity contribution < 1.29 is 22.7 Å². The maximum Gasteiger partial charge on any atom is 0.342 e. The van der Waals surface area contributed by atoms with Gasteiger partial charge in [-0.3, -0.25) is 0 Å². The minimum absolute atomic E-state index is 0.449. The number of hydrogen-bond donors (Lipinski definition) is 0. The van der Waals surface area contributed by atoms with E-state index in [2.05, 4.69) is 9.72 Å². The van der Waals surface area contributed by atoms with Crippen LogP contribution >= 0.6 is 11.6 Å². The Morgan fingerprint density at radius 1 is 1.60 bits per heavy atom. The second-order valence-electron chi connectivity index (χ2n) is 2.48. The lowest BCUT2D eigenvalue weighted by Gasteiger charge is -2.07. The fourth-order valence-electron chi connectivity index (χ4n) is 0.964. The van der Waals surface area contributed by atoms with Gasteiger partial charge < -0.3 is 4.74 Å². The van der Waals surface area contributed by atoms with Crippen molar-refractivity contribution in [3.8, 4) is 0 Å². The van der Waals surface area contributed by atoms with Gasteiger partial charge in [0.15, 0.2) is 0 Å². The van der Waals surface area contributed by atoms with Gasteiger partial charge in [0.2, 0.25) is 0 Å². The molecule has 0 saturated carbocycles. The Bertz CT molecular complexity index is 398. The number of esters is 1. The summed E-state index contributed by atoms with van der Waals surface area (Å²) in [6, 6.07) is 0.666. The highest BCUT2D eigenvalue weighted by Gasteiger charge is 2.25. The molecule has 1 rings (SSSR count). The van der Waals surface area contributed by atoms with Gasteiger partial charge in [0.1, 0.15) is 22.2 Å². The molecule has 0 bridgehead atoms. The summed E-state index contributed by atoms with van der Waals surface area (Å²) >= 11 is 5.28. The first-order valence-corrected chi connectivity index (χ1v) is 4.07. The molecular weight excluding hydrogens is 235 g/mol. The third kappa shape index (κ3) is 2.38. The van der Waals surface area contributed by atoms with Gasteiger partial charge in [-0.25, -0.2) is 22.9 Å². The van der Waals surface area contributed by atoms with Gasteiger partial charge in [-0.1, -0.05) is 11.6 Å². The summed E-state index contributed by atoms with van der Waals surface area (Å²) in [6.45, 7) is 0. The topological polar surface area (TPSA) is 39.2 Å². The third-order valence-electron chi connectivity index (χ3n) is 1.56. The molecule has 0 aromatic carbocycles. The normalized spacial score (nSPS) is 10.5. The average molecular weight is 240 g/mol. The standard InChI is InChI=1S/C8H5ClF3NO2/c1-15-8(14)5-3(10)2-4(9)13-6(5)7(11)12/h2,7H,1H3. The molecule has 82 valence electrons. The second kappa shape index (κ2) is 4.48. The number of methoxy groups -OCH3 is 1. The number of nitrogens with zero attached hydrogens (tertiary/aromatic N) is 1. The van der Waals surface area contributed by atoms with E-state index in [-0.39, 0.29) is 0 Å². The summed E-state index contributed by atoms with van der Waals surface area (Å²) in [5, 5.41) is -0.449. The van der Waals surface area contributed by atoms with Crippen molar-refractivity contribution >= 4 is 17.6 Å². The van der Waals surface area contributed by atoms with Crippen molar-refractivity contribution in [3.05, 3.63) is 28.3 Å². The molecule has 0 amide bonds. The van der Waals surface area contributed by atoms with Crippen molar-refractivity contribution in [3.63, 3.8) is 0 Å². The molecule has 0 unspecified atom stereocenters. The summed E-state index contributed by atoms with van der Waals surface area (Å²) in [6.07, 6.45) is -3.10. The maximum absolute atomic E-state index is 13.2. The number of carbonyl (C=O) groups excluding carboxylic acids is 1. The lowest BCUT2D eigenvalue weighted by atomic mass is 10.2. The molecule has 0 atom stereocenters. The zero-order valence-electron chi connectivity index (χ0n) is 7.43. The van der Waals surface area contributed by atoms with E-state index >= 15 is 0 Å². The quantitative estimate of drug-likeness (QED) is 0.588. The van der Waals surface area contributed by atoms with Crippen LogP contribution < -0.4 is 0 Å². The fraction of sp³-hybridized carbons (Fsp3) is 0.250. The summed E-state index contributed by atoms with van der Waals surface area (Å²) in [5.41, 5.74) is -1.91. The summed E-state index contributed by atoms with van der Waals surface area (Å²) < 4.78 is 42.1. The molecule has 15 heavy (non-hydrogen) atoms. The lowest BCUT2D eigenvalue weighted by Crippen LogP contribution is -2.11. The maximum atomic E-state index is 13.2. The Hall–Kier alpha value is -1.30. The van der Waals surface area contributed by atoms with Crippen LogP contribution in [0.1, 0.15) is 22.5 Å². The zero-order chi connectivity index (χ0) is 11.6. The number of ether oxygens (including phenoxy) is 1. The molecule has 0 aliphatic carbocycles. The molecule has 0 saturated heterocycles. The van der Waals surface area contributed by atoms with Crippen LogP contribution in [-0.2, 0) is 4.74 Å². The van der Waals surface area contributed by atoms with E-state index in [0.717, 1.165) is 7.11 Å². The van der Waals surface area contributed by atoms with E-state index in [1.807, 2.05) is 0 Å². The highest BCUT2D eigenvalue weighted by atomic mass is 35.5. The molecule has 0 radical (unpaired) electrons. The average Bonchev–Trinajstić information content (AvgIpc) is 2.15. The van der Waals surface area contributed by atoms with Crippen molar-refractivity contribution in [1.82, 2.24) is 4.98 Å². The fourth-order valence-corrected chi connectivity index (χ4v) is 1.15. The van der Waals surface area contributed by atoms with Crippen LogP contribution in [0.4, 0.5) is 13.2 Å². The van der Waals surface area contributed by atoms with Gasteiger partial charge in [0.05, 0.1) is 7.11 Å². The third-order valence-corrected chi connectivity index (χ3v) is 1.76. The number of halogens is 4. The Morgan fingerprint density at radius 2 is 2.20 bits per heavy atom. The summed E-state index contributed by atoms with van der Waals surface area (Å²) in [7, 11) is 0.950. The molecular formula is C8H5ClF3NO2. The largest absolute Gasteiger partial charge is 0.465 e. The van der Waals surface area contributed by atoms with Crippen LogP contribution in [-0.4, -0.2) is 18.1 Å². The van der Waals surface area contributed by atoms with Gasteiger partial charge in [-0.05, 0) is 0 Å². The summed E-state index contributed by atoms with van der Waals surface area (Å²) in [4.78, 5) is 14.2. The van der Waals surface area contributed by atoms with Crippen LogP contribution in [0, 0.1) is 5.82 Å². The number of aromatic nitrogens is 1. The molecule has 0 spiro atoms. The first kappa shape index (κ1) is 11.8.